The van der Waals surface area contributed by atoms with Gasteiger partial charge in [-0.3, -0.25) is 9.59 Å². The van der Waals surface area contributed by atoms with Gasteiger partial charge < -0.3 is 10.1 Å². The van der Waals surface area contributed by atoms with Gasteiger partial charge in [0, 0.05) is 6.42 Å². The zero-order chi connectivity index (χ0) is 11.8. The van der Waals surface area contributed by atoms with E-state index in [1.54, 1.807) is 0 Å². The number of hydrogen-bond acceptors (Lipinski definition) is 3. The monoisotopic (exact) mass is 209 g/mol. The molecule has 0 saturated carbocycles. The molecule has 1 amide bonds. The van der Waals surface area contributed by atoms with Gasteiger partial charge in [0.15, 0.2) is 0 Å². The van der Waals surface area contributed by atoms with Crippen LogP contribution in [0.4, 0.5) is 0 Å². The summed E-state index contributed by atoms with van der Waals surface area (Å²) >= 11 is 0. The first-order valence-electron chi connectivity index (χ1n) is 5.12. The lowest BCUT2D eigenvalue weighted by Gasteiger charge is -2.03. The summed E-state index contributed by atoms with van der Waals surface area (Å²) < 4.78 is 11.4. The summed E-state index contributed by atoms with van der Waals surface area (Å²) in [5, 5.41) is 2.05. The Morgan fingerprint density at radius 3 is 2.87 bits per heavy atom. The summed E-state index contributed by atoms with van der Waals surface area (Å²) in [5.74, 6) is -0.531. The number of benzene rings is 1. The average molecular weight is 209 g/mol. The Balaban J connectivity index is 2.16. The molecule has 0 unspecified atom stereocenters. The highest BCUT2D eigenvalue weighted by molar-refractivity contribution is 5.73. The van der Waals surface area contributed by atoms with Gasteiger partial charge in [-0.25, -0.2) is 0 Å². The van der Waals surface area contributed by atoms with E-state index in [1.807, 2.05) is 35.6 Å². The van der Waals surface area contributed by atoms with E-state index in [9.17, 15) is 9.59 Å². The second-order valence-electron chi connectivity index (χ2n) is 2.91. The standard InChI is InChI=1S/C11H13NO3/c13-9-12-8-11(14)15-7-6-10-4-2-1-3-5-10/h1-5,9H,6-8H2,(H,12,13)/i9T. The van der Waals surface area contributed by atoms with Gasteiger partial charge in [-0.2, -0.15) is 0 Å². The smallest absolute Gasteiger partial charge is 0.325 e. The van der Waals surface area contributed by atoms with E-state index in [0.717, 1.165) is 5.56 Å². The molecule has 0 spiro atoms. The molecule has 80 valence electrons. The second-order valence-corrected chi connectivity index (χ2v) is 2.91. The molecule has 0 saturated heterocycles. The van der Waals surface area contributed by atoms with Crippen LogP contribution in [0.3, 0.4) is 0 Å². The van der Waals surface area contributed by atoms with Gasteiger partial charge in [0.2, 0.25) is 6.39 Å². The first-order valence-corrected chi connectivity index (χ1v) is 4.62. The first kappa shape index (κ1) is 9.71. The number of carbonyl (C=O) groups is 2. The van der Waals surface area contributed by atoms with Crippen molar-refractivity contribution in [3.63, 3.8) is 0 Å². The molecule has 0 aliphatic rings. The molecule has 0 heterocycles. The molecule has 15 heavy (non-hydrogen) atoms. The van der Waals surface area contributed by atoms with Gasteiger partial charge in [0.25, 0.3) is 0 Å². The summed E-state index contributed by atoms with van der Waals surface area (Å²) in [6, 6.07) is 9.63. The van der Waals surface area contributed by atoms with Crippen LogP contribution >= 0.6 is 0 Å². The largest absolute Gasteiger partial charge is 0.464 e. The van der Waals surface area contributed by atoms with Crippen molar-refractivity contribution in [2.75, 3.05) is 13.2 Å². The number of amides is 1. The van der Waals surface area contributed by atoms with Crippen molar-refractivity contribution in [1.29, 1.82) is 0 Å². The normalized spacial score (nSPS) is 10.3. The van der Waals surface area contributed by atoms with E-state index >= 15 is 0 Å². The van der Waals surface area contributed by atoms with Crippen LogP contribution in [0, 0.1) is 0 Å². The summed E-state index contributed by atoms with van der Waals surface area (Å²) in [5.41, 5.74) is 1.08. The fraction of sp³-hybridized carbons (Fsp3) is 0.273. The van der Waals surface area contributed by atoms with Crippen LogP contribution in [-0.2, 0) is 20.7 Å². The van der Waals surface area contributed by atoms with Crippen molar-refractivity contribution in [1.82, 2.24) is 5.32 Å². The van der Waals surface area contributed by atoms with Gasteiger partial charge in [0.05, 0.1) is 6.61 Å². The molecule has 4 heteroatoms. The van der Waals surface area contributed by atoms with Crippen LogP contribution in [0.2, 0.25) is 0 Å². The molecule has 0 atom stereocenters. The number of carbonyl (C=O) groups excluding carboxylic acids is 2. The average Bonchev–Trinajstić information content (AvgIpc) is 2.28. The third-order valence-corrected chi connectivity index (χ3v) is 1.80. The third kappa shape index (κ3) is 4.81. The van der Waals surface area contributed by atoms with Crippen LogP contribution in [-0.4, -0.2) is 25.5 Å². The molecule has 0 aromatic heterocycles. The van der Waals surface area contributed by atoms with Crippen LogP contribution in [0.5, 0.6) is 0 Å². The quantitative estimate of drug-likeness (QED) is 0.568. The maximum atomic E-state index is 11.0. The van der Waals surface area contributed by atoms with Gasteiger partial charge in [-0.05, 0) is 5.56 Å². The van der Waals surface area contributed by atoms with Gasteiger partial charge in [0.1, 0.15) is 7.92 Å². The maximum absolute atomic E-state index is 11.0. The summed E-state index contributed by atoms with van der Waals surface area (Å²) in [4.78, 5) is 21.2. The molecule has 1 rings (SSSR count). The van der Waals surface area contributed by atoms with Crippen molar-refractivity contribution in [3.05, 3.63) is 35.9 Å². The number of ether oxygens (including phenoxy) is 1. The number of hydrogen-bond donors (Lipinski definition) is 1. The predicted octanol–water partition coefficient (Wildman–Crippen LogP) is 0.518. The summed E-state index contributed by atoms with van der Waals surface area (Å²) in [7, 11) is 0. The lowest BCUT2D eigenvalue weighted by molar-refractivity contribution is -0.143. The number of rotatable bonds is 5. The molecule has 0 bridgehead atoms. The molecule has 0 aliphatic carbocycles. The minimum Gasteiger partial charge on any atom is -0.464 e. The van der Waals surface area contributed by atoms with Crippen LogP contribution < -0.4 is 5.32 Å². The third-order valence-electron chi connectivity index (χ3n) is 1.80. The highest BCUT2D eigenvalue weighted by atomic mass is 16.5. The zero-order valence-corrected chi connectivity index (χ0v) is 8.23. The SMILES string of the molecule is [3H]C(=O)NCC(=O)OCCc1ccccc1. The van der Waals surface area contributed by atoms with Crippen molar-refractivity contribution in [2.24, 2.45) is 0 Å². The molecule has 0 fully saturated rings. The molecule has 1 aromatic carbocycles. The van der Waals surface area contributed by atoms with E-state index in [1.165, 1.54) is 0 Å². The Bertz CT molecular complexity index is 354. The van der Waals surface area contributed by atoms with E-state index in [0.29, 0.717) is 6.42 Å². The number of nitrogens with one attached hydrogen (secondary N) is 1. The highest BCUT2D eigenvalue weighted by Crippen LogP contribution is 1.99. The first-order chi connectivity index (χ1) is 7.68. The van der Waals surface area contributed by atoms with Gasteiger partial charge in [-0.15, -0.1) is 0 Å². The topological polar surface area (TPSA) is 55.4 Å². The molecule has 1 aromatic rings. The van der Waals surface area contributed by atoms with Gasteiger partial charge in [-0.1, -0.05) is 30.3 Å². The van der Waals surface area contributed by atoms with E-state index in [2.05, 4.69) is 0 Å². The Labute approximate surface area is 89.6 Å². The predicted molar refractivity (Wildman–Crippen MR) is 55.2 cm³/mol. The molecular weight excluding hydrogens is 194 g/mol. The highest BCUT2D eigenvalue weighted by Gasteiger charge is 2.00. The second kappa shape index (κ2) is 6.59. The minimum atomic E-state index is -0.986. The van der Waals surface area contributed by atoms with Crippen molar-refractivity contribution >= 4 is 12.4 Å². The molecular formula is C11H13NO3. The van der Waals surface area contributed by atoms with E-state index in [-0.39, 0.29) is 13.2 Å². The Morgan fingerprint density at radius 1 is 1.47 bits per heavy atom. The van der Waals surface area contributed by atoms with E-state index in [4.69, 9.17) is 6.11 Å². The maximum Gasteiger partial charge on any atom is 0.325 e. The van der Waals surface area contributed by atoms with Crippen molar-refractivity contribution in [3.8, 4) is 0 Å². The van der Waals surface area contributed by atoms with Crippen molar-refractivity contribution < 1.29 is 15.7 Å². The van der Waals surface area contributed by atoms with Gasteiger partial charge >= 0.3 is 5.97 Å². The summed E-state index contributed by atoms with van der Waals surface area (Å²) in [6.45, 7) is 0.0217. The lowest BCUT2D eigenvalue weighted by Crippen LogP contribution is -2.23. The molecule has 0 aliphatic heterocycles. The van der Waals surface area contributed by atoms with Crippen LogP contribution in [0.25, 0.3) is 0 Å². The Morgan fingerprint density at radius 2 is 2.20 bits per heavy atom. The fourth-order valence-corrected chi connectivity index (χ4v) is 1.09. The summed E-state index contributed by atoms with van der Waals surface area (Å²) in [6.07, 6.45) is -0.346. The van der Waals surface area contributed by atoms with Crippen LogP contribution in [0.15, 0.2) is 30.3 Å². The zero-order valence-electron chi connectivity index (χ0n) is 9.23. The minimum absolute atomic E-state index is 0.253. The Hall–Kier alpha value is -1.84. The van der Waals surface area contributed by atoms with Crippen LogP contribution in [0.1, 0.15) is 6.93 Å². The molecule has 1 N–H and O–H groups in total. The van der Waals surface area contributed by atoms with Crippen molar-refractivity contribution in [2.45, 2.75) is 6.42 Å². The van der Waals surface area contributed by atoms with E-state index < -0.39 is 12.4 Å². The Kier molecular flexibility index (Phi) is 4.26. The molecule has 0 radical (unpaired) electrons. The lowest BCUT2D eigenvalue weighted by atomic mass is 10.2. The molecule has 4 nitrogen and oxygen atoms in total. The number of esters is 1. The fourth-order valence-electron chi connectivity index (χ4n) is 1.09.